The molecule has 0 aromatic heterocycles. The monoisotopic (exact) mass is 406 g/mol. The van der Waals surface area contributed by atoms with Crippen LogP contribution < -0.4 is 10.1 Å². The van der Waals surface area contributed by atoms with Crippen LogP contribution in [0.2, 0.25) is 0 Å². The van der Waals surface area contributed by atoms with E-state index in [1.807, 2.05) is 36.2 Å². The van der Waals surface area contributed by atoms with Crippen molar-refractivity contribution in [2.75, 3.05) is 26.7 Å². The van der Waals surface area contributed by atoms with Crippen LogP contribution in [0.3, 0.4) is 0 Å². The summed E-state index contributed by atoms with van der Waals surface area (Å²) in [6, 6.07) is 13.6. The number of ether oxygens (including phenoxy) is 1. The highest BCUT2D eigenvalue weighted by Gasteiger charge is 2.23. The highest BCUT2D eigenvalue weighted by molar-refractivity contribution is 5.94. The first kappa shape index (κ1) is 22.2. The van der Waals surface area contributed by atoms with Crippen LogP contribution in [0.25, 0.3) is 0 Å². The van der Waals surface area contributed by atoms with Crippen LogP contribution in [-0.4, -0.2) is 37.5 Å². The number of nitrogens with one attached hydrogen (secondary N) is 1. The van der Waals surface area contributed by atoms with Gasteiger partial charge in [0.25, 0.3) is 5.91 Å². The van der Waals surface area contributed by atoms with Crippen LogP contribution in [0, 0.1) is 11.7 Å². The van der Waals surface area contributed by atoms with E-state index in [1.54, 1.807) is 12.1 Å². The lowest BCUT2D eigenvalue weighted by molar-refractivity contribution is 0.0687. The maximum atomic E-state index is 13.2. The van der Waals surface area contributed by atoms with E-state index < -0.39 is 0 Å². The Kier molecular flexibility index (Phi) is 8.74. The second kappa shape index (κ2) is 11.0. The minimum atomic E-state index is -0.324. The molecule has 1 aliphatic rings. The van der Waals surface area contributed by atoms with Gasteiger partial charge in [0.15, 0.2) is 0 Å². The summed E-state index contributed by atoms with van der Waals surface area (Å²) in [5, 5.41) is 3.19. The minimum absolute atomic E-state index is 0. The molecule has 4 nitrogen and oxygen atoms in total. The van der Waals surface area contributed by atoms with Gasteiger partial charge in [-0.2, -0.15) is 0 Å². The summed E-state index contributed by atoms with van der Waals surface area (Å²) in [4.78, 5) is 14.8. The molecule has 0 aliphatic carbocycles. The molecule has 0 saturated carbocycles. The number of carbonyl (C=O) groups excluding carboxylic acids is 1. The fourth-order valence-corrected chi connectivity index (χ4v) is 3.47. The Bertz CT molecular complexity index is 764. The third-order valence-corrected chi connectivity index (χ3v) is 5.08. The molecular weight excluding hydrogens is 379 g/mol. The Morgan fingerprint density at radius 2 is 1.93 bits per heavy atom. The van der Waals surface area contributed by atoms with E-state index in [2.05, 4.69) is 5.32 Å². The van der Waals surface area contributed by atoms with E-state index in [0.717, 1.165) is 38.0 Å². The normalized spacial score (nSPS) is 14.4. The van der Waals surface area contributed by atoms with Crippen LogP contribution in [-0.2, 0) is 6.61 Å². The lowest BCUT2D eigenvalue weighted by Crippen LogP contribution is -2.39. The number of piperidine rings is 1. The number of carbonyl (C=O) groups is 1. The first-order valence-corrected chi connectivity index (χ1v) is 9.57. The van der Waals surface area contributed by atoms with Crippen LogP contribution in [0.1, 0.15) is 35.2 Å². The van der Waals surface area contributed by atoms with Gasteiger partial charge in [0.05, 0.1) is 0 Å². The molecule has 3 rings (SSSR count). The van der Waals surface area contributed by atoms with E-state index in [-0.39, 0.29) is 24.1 Å². The van der Waals surface area contributed by atoms with E-state index in [9.17, 15) is 9.18 Å². The number of benzene rings is 2. The summed E-state index contributed by atoms with van der Waals surface area (Å²) >= 11 is 0. The van der Waals surface area contributed by atoms with E-state index in [4.69, 9.17) is 4.74 Å². The lowest BCUT2D eigenvalue weighted by Gasteiger charge is -2.32. The first-order valence-electron chi connectivity index (χ1n) is 9.57. The zero-order chi connectivity index (χ0) is 19.1. The van der Waals surface area contributed by atoms with Crippen molar-refractivity contribution < 1.29 is 13.9 Å². The van der Waals surface area contributed by atoms with Crippen molar-refractivity contribution in [3.8, 4) is 5.75 Å². The summed E-state index contributed by atoms with van der Waals surface area (Å²) in [6.07, 6.45) is 3.30. The average molecular weight is 407 g/mol. The van der Waals surface area contributed by atoms with E-state index >= 15 is 0 Å². The number of hydrogen-bond donors (Lipinski definition) is 1. The maximum Gasteiger partial charge on any atom is 0.253 e. The Morgan fingerprint density at radius 3 is 2.64 bits per heavy atom. The number of likely N-dealkylation sites (tertiary alicyclic amines) is 1. The molecule has 152 valence electrons. The Labute approximate surface area is 172 Å². The van der Waals surface area contributed by atoms with Gasteiger partial charge in [0.2, 0.25) is 0 Å². The molecule has 1 saturated heterocycles. The molecule has 0 radical (unpaired) electrons. The first-order chi connectivity index (χ1) is 13.2. The Balaban J connectivity index is 0.00000280. The predicted octanol–water partition coefficient (Wildman–Crippen LogP) is 4.29. The molecule has 0 unspecified atom stereocenters. The van der Waals surface area contributed by atoms with Gasteiger partial charge in [0.1, 0.15) is 18.2 Å². The maximum absolute atomic E-state index is 13.2. The number of amides is 1. The summed E-state index contributed by atoms with van der Waals surface area (Å²) in [6.45, 7) is 2.97. The third kappa shape index (κ3) is 6.21. The summed E-state index contributed by atoms with van der Waals surface area (Å²) < 4.78 is 18.9. The van der Waals surface area contributed by atoms with Crippen LogP contribution >= 0.6 is 12.4 Å². The molecule has 1 heterocycles. The van der Waals surface area contributed by atoms with Gasteiger partial charge in [-0.1, -0.05) is 18.2 Å². The van der Waals surface area contributed by atoms with Crippen LogP contribution in [0.5, 0.6) is 5.75 Å². The number of rotatable bonds is 7. The van der Waals surface area contributed by atoms with Crippen molar-refractivity contribution in [3.63, 3.8) is 0 Å². The second-order valence-corrected chi connectivity index (χ2v) is 7.07. The van der Waals surface area contributed by atoms with Crippen LogP contribution in [0.4, 0.5) is 4.39 Å². The standard InChI is InChI=1S/C22H27FN2O2.ClH/c1-24-11-8-17-9-12-25(13-10-17)22(26)19-5-2-4-18(14-19)16-27-21-7-3-6-20(23)15-21;/h2-7,14-15,17,24H,8-13,16H2,1H3;1H. The Hall–Kier alpha value is -2.11. The van der Waals surface area contributed by atoms with Crippen molar-refractivity contribution in [1.29, 1.82) is 0 Å². The molecule has 28 heavy (non-hydrogen) atoms. The molecule has 1 amide bonds. The fourth-order valence-electron chi connectivity index (χ4n) is 3.47. The van der Waals surface area contributed by atoms with Gasteiger partial charge in [-0.25, -0.2) is 4.39 Å². The highest BCUT2D eigenvalue weighted by atomic mass is 35.5. The zero-order valence-corrected chi connectivity index (χ0v) is 17.0. The average Bonchev–Trinajstić information content (AvgIpc) is 2.71. The molecule has 1 aliphatic heterocycles. The van der Waals surface area contributed by atoms with Crippen molar-refractivity contribution in [3.05, 3.63) is 65.5 Å². The topological polar surface area (TPSA) is 41.6 Å². The van der Waals surface area contributed by atoms with Crippen molar-refractivity contribution >= 4 is 18.3 Å². The molecule has 0 atom stereocenters. The third-order valence-electron chi connectivity index (χ3n) is 5.08. The van der Waals surface area contributed by atoms with Crippen molar-refractivity contribution in [2.45, 2.75) is 25.9 Å². The van der Waals surface area contributed by atoms with Crippen molar-refractivity contribution in [1.82, 2.24) is 10.2 Å². The molecule has 1 fully saturated rings. The molecule has 0 spiro atoms. The fraction of sp³-hybridized carbons (Fsp3) is 0.409. The Morgan fingerprint density at radius 1 is 1.18 bits per heavy atom. The zero-order valence-electron chi connectivity index (χ0n) is 16.2. The van der Waals surface area contributed by atoms with E-state index in [1.165, 1.54) is 18.6 Å². The van der Waals surface area contributed by atoms with Crippen LogP contribution in [0.15, 0.2) is 48.5 Å². The molecule has 0 bridgehead atoms. The number of halogens is 2. The van der Waals surface area contributed by atoms with Gasteiger partial charge in [-0.15, -0.1) is 12.4 Å². The van der Waals surface area contributed by atoms with Gasteiger partial charge in [-0.05, 0) is 68.6 Å². The largest absolute Gasteiger partial charge is 0.489 e. The number of hydrogen-bond acceptors (Lipinski definition) is 3. The molecule has 2 aromatic rings. The minimum Gasteiger partial charge on any atom is -0.489 e. The van der Waals surface area contributed by atoms with Gasteiger partial charge >= 0.3 is 0 Å². The van der Waals surface area contributed by atoms with E-state index in [0.29, 0.717) is 23.8 Å². The molecule has 1 N–H and O–H groups in total. The smallest absolute Gasteiger partial charge is 0.253 e. The molecular formula is C22H28ClFN2O2. The molecule has 6 heteroatoms. The predicted molar refractivity (Wildman–Crippen MR) is 112 cm³/mol. The van der Waals surface area contributed by atoms with Gasteiger partial charge in [-0.3, -0.25) is 4.79 Å². The quantitative estimate of drug-likeness (QED) is 0.745. The lowest BCUT2D eigenvalue weighted by atomic mass is 9.93. The second-order valence-electron chi connectivity index (χ2n) is 7.07. The number of nitrogens with zero attached hydrogens (tertiary/aromatic N) is 1. The summed E-state index contributed by atoms with van der Waals surface area (Å²) in [5.41, 5.74) is 1.58. The summed E-state index contributed by atoms with van der Waals surface area (Å²) in [5.74, 6) is 0.937. The highest BCUT2D eigenvalue weighted by Crippen LogP contribution is 2.22. The van der Waals surface area contributed by atoms with Gasteiger partial charge in [0, 0.05) is 24.7 Å². The van der Waals surface area contributed by atoms with Crippen molar-refractivity contribution in [2.24, 2.45) is 5.92 Å². The van der Waals surface area contributed by atoms with Gasteiger partial charge < -0.3 is 15.0 Å². The SMILES string of the molecule is CNCCC1CCN(C(=O)c2cccc(COc3cccc(F)c3)c2)CC1.Cl. The summed E-state index contributed by atoms with van der Waals surface area (Å²) in [7, 11) is 1.98. The molecule has 2 aromatic carbocycles.